The number of rotatable bonds is 0. The number of nitrogens with zero attached hydrogens (tertiary/aromatic N) is 1. The molecule has 0 aliphatic carbocycles. The molecule has 1 radical (unpaired) electrons. The molecular weight excluding hydrogens is 143 g/mol. The maximum absolute atomic E-state index is 8.24. The van der Waals surface area contributed by atoms with E-state index in [1.807, 2.05) is 0 Å². The minimum Gasteiger partial charge on any atom is -0.724 e. The quantitative estimate of drug-likeness (QED) is 0.276. The molecule has 0 saturated carbocycles. The Morgan fingerprint density at radius 1 is 1.60 bits per heavy atom. The molecule has 3 heteroatoms. The molecule has 0 N–H and O–H groups in total. The first kappa shape index (κ1) is 17.9. The summed E-state index contributed by atoms with van der Waals surface area (Å²) in [7, 11) is 0. The molecule has 0 aliphatic heterocycles. The van der Waals surface area contributed by atoms with Crippen molar-refractivity contribution in [2.45, 2.75) is 0 Å². The Morgan fingerprint density at radius 3 is 1.60 bits per heavy atom. The van der Waals surface area contributed by atoms with Crippen molar-refractivity contribution < 1.29 is 37.5 Å². The van der Waals surface area contributed by atoms with E-state index in [4.69, 9.17) is 10.2 Å². The molecule has 0 amide bonds. The van der Waals surface area contributed by atoms with Crippen molar-refractivity contribution in [1.29, 1.82) is 0 Å². The van der Waals surface area contributed by atoms with Crippen LogP contribution in [0.25, 0.3) is 5.41 Å². The number of hydrogen-bond acceptors (Lipinski definition) is 1. The molecule has 0 heterocycles. The minimum absolute atomic E-state index is 0. The fraction of sp³-hybridized carbons (Fsp3) is 0. The Kier molecular flexibility index (Phi) is 88.3. The summed E-state index contributed by atoms with van der Waals surface area (Å²) in [6.45, 7) is 0. The summed E-state index contributed by atoms with van der Waals surface area (Å²) < 4.78 is 0. The van der Waals surface area contributed by atoms with Crippen LogP contribution in [0.4, 0.5) is 0 Å². The summed E-state index contributed by atoms with van der Waals surface area (Å²) >= 11 is 0. The molecule has 2 nitrogen and oxygen atoms in total. The molecule has 0 aromatic rings. The standard InChI is InChI=1S/CNO.CH3.Y/c2-1-3;;/h;1H3;/q2*-1;. The summed E-state index contributed by atoms with van der Waals surface area (Å²) in [6, 6.07) is 0. The summed E-state index contributed by atoms with van der Waals surface area (Å²) in [5, 5.41) is 6.76. The third kappa shape index (κ3) is 118. The maximum Gasteiger partial charge on any atom is 0 e. The molecular formula is C2H3NOY-2. The smallest absolute Gasteiger partial charge is 0 e. The van der Waals surface area contributed by atoms with E-state index in [1.165, 1.54) is 0 Å². The van der Waals surface area contributed by atoms with Gasteiger partial charge in [-0.1, -0.05) is 0 Å². The van der Waals surface area contributed by atoms with Gasteiger partial charge in [0.15, 0.2) is 0 Å². The second-order valence-electron chi connectivity index (χ2n) is 0.0913. The Labute approximate surface area is 56.3 Å². The zero-order valence-electron chi connectivity index (χ0n) is 2.93. The molecule has 0 fully saturated rings. The van der Waals surface area contributed by atoms with Gasteiger partial charge in [-0.2, -0.15) is 0 Å². The number of carbonyl (C=O) groups excluding carboxylic acids is 1. The topological polar surface area (TPSA) is 39.4 Å². The van der Waals surface area contributed by atoms with Crippen LogP contribution in [-0.2, 0) is 37.5 Å². The van der Waals surface area contributed by atoms with Crippen LogP contribution < -0.4 is 0 Å². The van der Waals surface area contributed by atoms with E-state index in [9.17, 15) is 0 Å². The number of isocyanates is 1. The van der Waals surface area contributed by atoms with Gasteiger partial charge < -0.3 is 12.8 Å². The number of hydrogen-bond donors (Lipinski definition) is 0. The Hall–Kier alpha value is 0.484. The van der Waals surface area contributed by atoms with Crippen LogP contribution in [0.15, 0.2) is 0 Å². The molecule has 0 saturated heterocycles. The van der Waals surface area contributed by atoms with Crippen LogP contribution in [-0.4, -0.2) is 6.08 Å². The van der Waals surface area contributed by atoms with E-state index in [-0.39, 0.29) is 40.1 Å². The minimum atomic E-state index is 0. The fourth-order valence-electron chi connectivity index (χ4n) is 0. The van der Waals surface area contributed by atoms with E-state index in [0.29, 0.717) is 6.08 Å². The molecule has 0 rings (SSSR count). The summed E-state index contributed by atoms with van der Waals surface area (Å²) in [4.78, 5) is 8.24. The van der Waals surface area contributed by atoms with Gasteiger partial charge in [0, 0.05) is 32.7 Å². The maximum atomic E-state index is 8.24. The molecule has 5 heavy (non-hydrogen) atoms. The summed E-state index contributed by atoms with van der Waals surface area (Å²) in [5.41, 5.74) is 0. The van der Waals surface area contributed by atoms with Crippen molar-refractivity contribution in [3.05, 3.63) is 12.8 Å². The zero-order valence-corrected chi connectivity index (χ0v) is 5.77. The first-order valence-corrected chi connectivity index (χ1v) is 0.428. The van der Waals surface area contributed by atoms with Crippen LogP contribution in [0.2, 0.25) is 0 Å². The van der Waals surface area contributed by atoms with Gasteiger partial charge in [0.2, 0.25) is 0 Å². The van der Waals surface area contributed by atoms with E-state index in [1.54, 1.807) is 0 Å². The molecule has 0 aromatic carbocycles. The van der Waals surface area contributed by atoms with Crippen LogP contribution in [0.1, 0.15) is 0 Å². The Balaban J connectivity index is -0.0000000200. The van der Waals surface area contributed by atoms with Gasteiger partial charge in [0.1, 0.15) is 0 Å². The third-order valence-corrected chi connectivity index (χ3v) is 0. The van der Waals surface area contributed by atoms with Gasteiger partial charge >= 0.3 is 0 Å². The van der Waals surface area contributed by atoms with E-state index < -0.39 is 0 Å². The van der Waals surface area contributed by atoms with Crippen LogP contribution in [0.3, 0.4) is 0 Å². The third-order valence-electron chi connectivity index (χ3n) is 0. The van der Waals surface area contributed by atoms with Crippen molar-refractivity contribution in [2.75, 3.05) is 0 Å². The first-order valence-electron chi connectivity index (χ1n) is 0.428. The van der Waals surface area contributed by atoms with E-state index in [0.717, 1.165) is 0 Å². The normalized spacial score (nSPS) is 1.60. The zero-order chi connectivity index (χ0) is 2.71. The summed E-state index contributed by atoms with van der Waals surface area (Å²) in [6.07, 6.45) is 0.500. The predicted molar refractivity (Wildman–Crippen MR) is 15.5 cm³/mol. The van der Waals surface area contributed by atoms with Crippen molar-refractivity contribution >= 4 is 6.08 Å². The van der Waals surface area contributed by atoms with Crippen molar-refractivity contribution in [3.63, 3.8) is 0 Å². The molecule has 0 atom stereocenters. The van der Waals surface area contributed by atoms with Gasteiger partial charge in [-0.25, -0.2) is 0 Å². The first-order chi connectivity index (χ1) is 1.41. The molecule has 0 spiro atoms. The van der Waals surface area contributed by atoms with Gasteiger partial charge in [-0.05, 0) is 6.08 Å². The van der Waals surface area contributed by atoms with Crippen LogP contribution in [0, 0.1) is 7.43 Å². The van der Waals surface area contributed by atoms with E-state index in [2.05, 4.69) is 0 Å². The molecule has 0 unspecified atom stereocenters. The Bertz CT molecular complexity index is 30.6. The second kappa shape index (κ2) is 24.7. The predicted octanol–water partition coefficient (Wildman–Crippen LogP) is 0.339. The molecule has 0 bridgehead atoms. The average molecular weight is 146 g/mol. The van der Waals surface area contributed by atoms with Crippen LogP contribution in [0.5, 0.6) is 0 Å². The molecule has 27 valence electrons. The van der Waals surface area contributed by atoms with Crippen LogP contribution >= 0.6 is 0 Å². The average Bonchev–Trinajstić information content (AvgIpc) is 0.918. The van der Waals surface area contributed by atoms with Gasteiger partial charge in [-0.3, -0.25) is 4.79 Å². The SMILES string of the molecule is [CH3-].[N-]=C=O.[Y]. The molecule has 0 aromatic heterocycles. The van der Waals surface area contributed by atoms with Gasteiger partial charge in [0.25, 0.3) is 0 Å². The fourth-order valence-corrected chi connectivity index (χ4v) is 0. The van der Waals surface area contributed by atoms with Crippen molar-refractivity contribution in [3.8, 4) is 0 Å². The second-order valence-corrected chi connectivity index (χ2v) is 0.0913. The monoisotopic (exact) mass is 146 g/mol. The largest absolute Gasteiger partial charge is 0.724 e. The van der Waals surface area contributed by atoms with Crippen molar-refractivity contribution in [1.82, 2.24) is 0 Å². The van der Waals surface area contributed by atoms with Crippen molar-refractivity contribution in [2.24, 2.45) is 0 Å². The van der Waals surface area contributed by atoms with Gasteiger partial charge in [-0.15, -0.1) is 0 Å². The summed E-state index contributed by atoms with van der Waals surface area (Å²) in [5.74, 6) is 0. The van der Waals surface area contributed by atoms with Gasteiger partial charge in [0.05, 0.1) is 0 Å². The Morgan fingerprint density at radius 2 is 1.60 bits per heavy atom. The molecule has 0 aliphatic rings. The van der Waals surface area contributed by atoms with E-state index >= 15 is 0 Å².